The highest BCUT2D eigenvalue weighted by Gasteiger charge is 2.01. The standard InChI is InChI=1S/C4H9N7S/c1-11-9-3(8-10-11)2-12-4(5)7-6/h2,6H2,1H3,(H2,5,7). The summed E-state index contributed by atoms with van der Waals surface area (Å²) in [6.07, 6.45) is 0. The van der Waals surface area contributed by atoms with Crippen molar-refractivity contribution in [2.45, 2.75) is 5.75 Å². The number of thioether (sulfide) groups is 1. The summed E-state index contributed by atoms with van der Waals surface area (Å²) in [4.78, 5) is 1.38. The topological polar surface area (TPSA) is 108 Å². The minimum Gasteiger partial charge on any atom is -0.377 e. The second-order valence-corrected chi connectivity index (χ2v) is 2.95. The molecule has 0 aliphatic heterocycles. The van der Waals surface area contributed by atoms with E-state index < -0.39 is 0 Å². The van der Waals surface area contributed by atoms with E-state index in [9.17, 15) is 0 Å². The van der Waals surface area contributed by atoms with E-state index in [1.54, 1.807) is 7.05 Å². The number of rotatable bonds is 2. The Bertz CT molecular complexity index is 279. The molecule has 0 fully saturated rings. The van der Waals surface area contributed by atoms with E-state index in [0.717, 1.165) is 0 Å². The maximum absolute atomic E-state index is 5.33. The van der Waals surface area contributed by atoms with Gasteiger partial charge in [0, 0.05) is 0 Å². The number of hydrogen-bond acceptors (Lipinski definition) is 6. The van der Waals surface area contributed by atoms with Crippen LogP contribution in [0.15, 0.2) is 5.10 Å². The third-order valence-electron chi connectivity index (χ3n) is 1.03. The normalized spacial score (nSPS) is 11.9. The van der Waals surface area contributed by atoms with Crippen LogP contribution in [0.2, 0.25) is 0 Å². The van der Waals surface area contributed by atoms with Crippen molar-refractivity contribution in [1.29, 1.82) is 0 Å². The van der Waals surface area contributed by atoms with Gasteiger partial charge >= 0.3 is 0 Å². The molecule has 0 radical (unpaired) electrons. The Morgan fingerprint density at radius 1 is 1.75 bits per heavy atom. The van der Waals surface area contributed by atoms with Crippen LogP contribution in [0.1, 0.15) is 5.82 Å². The Morgan fingerprint density at radius 2 is 2.50 bits per heavy atom. The lowest BCUT2D eigenvalue weighted by molar-refractivity contribution is 0.628. The van der Waals surface area contributed by atoms with Crippen molar-refractivity contribution in [2.75, 3.05) is 0 Å². The number of amidine groups is 1. The molecular weight excluding hydrogens is 178 g/mol. The first-order valence-electron chi connectivity index (χ1n) is 3.11. The summed E-state index contributed by atoms with van der Waals surface area (Å²) in [5.74, 6) is 6.06. The highest BCUT2D eigenvalue weighted by molar-refractivity contribution is 8.13. The van der Waals surface area contributed by atoms with Gasteiger partial charge in [-0.3, -0.25) is 0 Å². The Labute approximate surface area is 73.2 Å². The van der Waals surface area contributed by atoms with Crippen molar-refractivity contribution in [3.05, 3.63) is 5.82 Å². The molecule has 4 N–H and O–H groups in total. The van der Waals surface area contributed by atoms with Crippen molar-refractivity contribution in [1.82, 2.24) is 20.2 Å². The second kappa shape index (κ2) is 3.90. The van der Waals surface area contributed by atoms with Crippen LogP contribution >= 0.6 is 11.8 Å². The van der Waals surface area contributed by atoms with Gasteiger partial charge in [-0.25, -0.2) is 0 Å². The van der Waals surface area contributed by atoms with Gasteiger partial charge in [0.05, 0.1) is 12.8 Å². The molecule has 0 amide bonds. The molecule has 66 valence electrons. The molecule has 0 bridgehead atoms. The number of hydrogen-bond donors (Lipinski definition) is 2. The van der Waals surface area contributed by atoms with E-state index in [2.05, 4.69) is 20.5 Å². The van der Waals surface area contributed by atoms with Gasteiger partial charge in [-0.1, -0.05) is 11.8 Å². The molecule has 7 nitrogen and oxygen atoms in total. The third kappa shape index (κ3) is 2.38. The number of nitrogens with two attached hydrogens (primary N) is 2. The van der Waals surface area contributed by atoms with E-state index >= 15 is 0 Å². The van der Waals surface area contributed by atoms with Crippen LogP contribution in [-0.4, -0.2) is 25.4 Å². The number of hydrazone groups is 1. The zero-order chi connectivity index (χ0) is 8.97. The first-order valence-corrected chi connectivity index (χ1v) is 4.10. The maximum Gasteiger partial charge on any atom is 0.185 e. The third-order valence-corrected chi connectivity index (χ3v) is 1.83. The summed E-state index contributed by atoms with van der Waals surface area (Å²) in [6.45, 7) is 0. The Morgan fingerprint density at radius 3 is 3.00 bits per heavy atom. The molecule has 12 heavy (non-hydrogen) atoms. The summed E-state index contributed by atoms with van der Waals surface area (Å²) in [7, 11) is 1.70. The van der Waals surface area contributed by atoms with E-state index in [-0.39, 0.29) is 0 Å². The number of tetrazole rings is 1. The first kappa shape index (κ1) is 8.78. The minimum atomic E-state index is 0.308. The highest BCUT2D eigenvalue weighted by Crippen LogP contribution is 2.05. The Kier molecular flexibility index (Phi) is 2.86. The lowest BCUT2D eigenvalue weighted by Crippen LogP contribution is -2.09. The van der Waals surface area contributed by atoms with Crippen molar-refractivity contribution in [2.24, 2.45) is 23.7 Å². The van der Waals surface area contributed by atoms with Gasteiger partial charge in [0.2, 0.25) is 0 Å². The summed E-state index contributed by atoms with van der Waals surface area (Å²) >= 11 is 1.27. The first-order chi connectivity index (χ1) is 5.72. The lowest BCUT2D eigenvalue weighted by atomic mass is 10.8. The molecule has 0 aliphatic carbocycles. The van der Waals surface area contributed by atoms with E-state index in [0.29, 0.717) is 16.7 Å². The lowest BCUT2D eigenvalue weighted by Gasteiger charge is -1.92. The predicted octanol–water partition coefficient (Wildman–Crippen LogP) is -1.37. The minimum absolute atomic E-state index is 0.308. The van der Waals surface area contributed by atoms with Crippen molar-refractivity contribution >= 4 is 16.9 Å². The molecule has 0 atom stereocenters. The predicted molar refractivity (Wildman–Crippen MR) is 45.9 cm³/mol. The van der Waals surface area contributed by atoms with Gasteiger partial charge in [-0.2, -0.15) is 9.90 Å². The van der Waals surface area contributed by atoms with E-state index in [1.165, 1.54) is 16.6 Å². The molecule has 8 heteroatoms. The van der Waals surface area contributed by atoms with Gasteiger partial charge in [-0.15, -0.1) is 10.2 Å². The molecule has 0 spiro atoms. The fourth-order valence-corrected chi connectivity index (χ4v) is 1.02. The fraction of sp³-hybridized carbons (Fsp3) is 0.500. The summed E-state index contributed by atoms with van der Waals surface area (Å²) < 4.78 is 0. The monoisotopic (exact) mass is 187 g/mol. The van der Waals surface area contributed by atoms with E-state index in [4.69, 9.17) is 11.6 Å². The summed E-state index contributed by atoms with van der Waals surface area (Å²) in [5, 5.41) is 14.9. The average Bonchev–Trinajstić information content (AvgIpc) is 2.47. The van der Waals surface area contributed by atoms with Crippen molar-refractivity contribution < 1.29 is 0 Å². The van der Waals surface area contributed by atoms with Crippen LogP contribution in [0, 0.1) is 0 Å². The summed E-state index contributed by atoms with van der Waals surface area (Å²) in [6, 6.07) is 0. The van der Waals surface area contributed by atoms with Gasteiger partial charge in [0.25, 0.3) is 0 Å². The molecule has 1 rings (SSSR count). The Hall–Kier alpha value is -1.31. The van der Waals surface area contributed by atoms with Crippen molar-refractivity contribution in [3.8, 4) is 0 Å². The molecule has 1 aromatic rings. The largest absolute Gasteiger partial charge is 0.377 e. The number of nitrogens with zero attached hydrogens (tertiary/aromatic N) is 5. The van der Waals surface area contributed by atoms with E-state index in [1.807, 2.05) is 0 Å². The number of aromatic nitrogens is 4. The zero-order valence-electron chi connectivity index (χ0n) is 6.51. The Balaban J connectivity index is 2.43. The van der Waals surface area contributed by atoms with Gasteiger partial charge in [0.15, 0.2) is 11.0 Å². The van der Waals surface area contributed by atoms with Gasteiger partial charge < -0.3 is 11.6 Å². The molecular formula is C4H9N7S. The maximum atomic E-state index is 5.33. The van der Waals surface area contributed by atoms with Crippen LogP contribution in [0.4, 0.5) is 0 Å². The smallest absolute Gasteiger partial charge is 0.185 e. The van der Waals surface area contributed by atoms with Gasteiger partial charge in [0.1, 0.15) is 0 Å². The van der Waals surface area contributed by atoms with Crippen LogP contribution in [0.3, 0.4) is 0 Å². The average molecular weight is 187 g/mol. The molecule has 1 heterocycles. The second-order valence-electron chi connectivity index (χ2n) is 1.95. The molecule has 0 saturated heterocycles. The van der Waals surface area contributed by atoms with Gasteiger partial charge in [-0.05, 0) is 5.21 Å². The molecule has 0 saturated carbocycles. The highest BCUT2D eigenvalue weighted by atomic mass is 32.2. The summed E-state index contributed by atoms with van der Waals surface area (Å²) in [5.41, 5.74) is 5.33. The zero-order valence-corrected chi connectivity index (χ0v) is 7.32. The molecule has 0 unspecified atom stereocenters. The quantitative estimate of drug-likeness (QED) is 0.256. The molecule has 0 aromatic carbocycles. The SMILES string of the molecule is Cn1nnc(CSC(N)=NN)n1. The molecule has 0 aliphatic rings. The van der Waals surface area contributed by atoms with Crippen LogP contribution in [-0.2, 0) is 12.8 Å². The van der Waals surface area contributed by atoms with Crippen LogP contribution < -0.4 is 11.6 Å². The molecule has 1 aromatic heterocycles. The van der Waals surface area contributed by atoms with Crippen molar-refractivity contribution in [3.63, 3.8) is 0 Å². The van der Waals surface area contributed by atoms with Crippen LogP contribution in [0.25, 0.3) is 0 Å². The fourth-order valence-electron chi connectivity index (χ4n) is 0.557. The number of aryl methyl sites for hydroxylation is 1. The van der Waals surface area contributed by atoms with Crippen LogP contribution in [0.5, 0.6) is 0 Å².